The van der Waals surface area contributed by atoms with Crippen molar-refractivity contribution in [2.24, 2.45) is 0 Å². The average molecular weight is 641 g/mol. The molecule has 2 amide bonds. The second-order valence-corrected chi connectivity index (χ2v) is 13.1. The molecule has 11 heteroatoms. The SMILES string of the molecule is C.C.CC(=O)N1CCN(c2cc(C)cn3cncc23)CC1(C)C.CC(=O)N1CCNCC1(C)C.Cc1cc(Cl)c2cncn2c1. The van der Waals surface area contributed by atoms with Crippen molar-refractivity contribution in [2.45, 2.75) is 81.3 Å². The number of piperazine rings is 2. The number of halogens is 1. The van der Waals surface area contributed by atoms with Crippen molar-refractivity contribution >= 4 is 40.1 Å². The van der Waals surface area contributed by atoms with Crippen molar-refractivity contribution in [3.05, 3.63) is 65.7 Å². The van der Waals surface area contributed by atoms with Gasteiger partial charge in [-0.3, -0.25) is 9.59 Å². The van der Waals surface area contributed by atoms with E-state index < -0.39 is 0 Å². The quantitative estimate of drug-likeness (QED) is 0.280. The van der Waals surface area contributed by atoms with E-state index in [0.29, 0.717) is 0 Å². The highest BCUT2D eigenvalue weighted by molar-refractivity contribution is 6.33. The van der Waals surface area contributed by atoms with Crippen molar-refractivity contribution in [1.82, 2.24) is 33.9 Å². The van der Waals surface area contributed by atoms with Gasteiger partial charge in [0.05, 0.1) is 52.3 Å². The van der Waals surface area contributed by atoms with Crippen LogP contribution in [0.5, 0.6) is 0 Å². The van der Waals surface area contributed by atoms with E-state index in [1.54, 1.807) is 26.4 Å². The van der Waals surface area contributed by atoms with Crippen molar-refractivity contribution in [2.75, 3.05) is 44.2 Å². The van der Waals surface area contributed by atoms with Gasteiger partial charge < -0.3 is 28.8 Å². The van der Waals surface area contributed by atoms with Gasteiger partial charge in [-0.2, -0.15) is 0 Å². The summed E-state index contributed by atoms with van der Waals surface area (Å²) in [5.41, 5.74) is 5.45. The molecule has 0 saturated carbocycles. The molecular weight excluding hydrogens is 588 g/mol. The van der Waals surface area contributed by atoms with Crippen molar-refractivity contribution < 1.29 is 9.59 Å². The summed E-state index contributed by atoms with van der Waals surface area (Å²) in [4.78, 5) is 37.4. The monoisotopic (exact) mass is 640 g/mol. The van der Waals surface area contributed by atoms with Gasteiger partial charge in [0.25, 0.3) is 0 Å². The van der Waals surface area contributed by atoms with Crippen LogP contribution < -0.4 is 10.2 Å². The van der Waals surface area contributed by atoms with Crippen LogP contribution in [0, 0.1) is 13.8 Å². The van der Waals surface area contributed by atoms with Gasteiger partial charge in [-0.05, 0) is 64.8 Å². The fourth-order valence-corrected chi connectivity index (χ4v) is 6.36. The molecule has 0 aromatic carbocycles. The number of pyridine rings is 2. The molecule has 6 rings (SSSR count). The topological polar surface area (TPSA) is 90.5 Å². The lowest BCUT2D eigenvalue weighted by Gasteiger charge is -2.47. The van der Waals surface area contributed by atoms with E-state index in [2.05, 4.69) is 71.5 Å². The zero-order valence-electron chi connectivity index (χ0n) is 26.7. The molecule has 0 aliphatic carbocycles. The second kappa shape index (κ2) is 15.1. The summed E-state index contributed by atoms with van der Waals surface area (Å²) in [6.07, 6.45) is 11.3. The molecule has 10 nitrogen and oxygen atoms in total. The Morgan fingerprint density at radius 2 is 1.33 bits per heavy atom. The fourth-order valence-electron chi connectivity index (χ4n) is 6.04. The van der Waals surface area contributed by atoms with Crippen LogP contribution in [0.1, 0.15) is 67.5 Å². The van der Waals surface area contributed by atoms with E-state index in [1.807, 2.05) is 45.9 Å². The maximum Gasteiger partial charge on any atom is 0.220 e. The van der Waals surface area contributed by atoms with Crippen LogP contribution in [0.3, 0.4) is 0 Å². The van der Waals surface area contributed by atoms with Crippen molar-refractivity contribution in [3.8, 4) is 0 Å². The number of aromatic nitrogens is 4. The molecule has 0 atom stereocenters. The van der Waals surface area contributed by atoms with Gasteiger partial charge in [-0.15, -0.1) is 0 Å². The number of anilines is 1. The molecule has 2 aliphatic rings. The molecule has 0 radical (unpaired) electrons. The van der Waals surface area contributed by atoms with Crippen LogP contribution in [0.15, 0.2) is 49.6 Å². The molecule has 0 bridgehead atoms. The van der Waals surface area contributed by atoms with E-state index in [-0.39, 0.29) is 37.7 Å². The number of rotatable bonds is 1. The van der Waals surface area contributed by atoms with Crippen molar-refractivity contribution in [1.29, 1.82) is 0 Å². The summed E-state index contributed by atoms with van der Waals surface area (Å²) in [5.74, 6) is 0.329. The molecule has 0 spiro atoms. The first-order valence-corrected chi connectivity index (χ1v) is 15.1. The number of nitrogens with zero attached hydrogens (tertiary/aromatic N) is 7. The fraction of sp³-hybridized carbons (Fsp3) is 0.529. The molecule has 6 heterocycles. The zero-order chi connectivity index (χ0) is 31.5. The highest BCUT2D eigenvalue weighted by Gasteiger charge is 2.36. The van der Waals surface area contributed by atoms with Gasteiger partial charge in [0.2, 0.25) is 11.8 Å². The standard InChI is InChI=1S/C16H22N4O.C8H7ClN2.C8H16N2O.2CH4/c1-12-7-14(15-8-17-11-19(15)9-12)18-5-6-20(13(2)21)16(3,4)10-18;1-6-2-7(9)8-3-10-5-11(8)4-6;1-7(11)10-5-4-9-6-8(10,2)3;;/h7-9,11H,5-6,10H2,1-4H3;2-5H,1H3;9H,4-6H2,1-3H3;2*1H4. The smallest absolute Gasteiger partial charge is 0.220 e. The normalized spacial score (nSPS) is 16.9. The van der Waals surface area contributed by atoms with Gasteiger partial charge in [-0.1, -0.05) is 26.5 Å². The number of fused-ring (bicyclic) bond motifs is 2. The third-order valence-corrected chi connectivity index (χ3v) is 8.35. The van der Waals surface area contributed by atoms with E-state index in [1.165, 1.54) is 11.3 Å². The molecule has 2 fully saturated rings. The third kappa shape index (κ3) is 8.76. The van der Waals surface area contributed by atoms with Crippen LogP contribution >= 0.6 is 11.6 Å². The Hall–Kier alpha value is -3.63. The number of nitrogens with one attached hydrogen (secondary N) is 1. The van der Waals surface area contributed by atoms with Crippen molar-refractivity contribution in [3.63, 3.8) is 0 Å². The van der Waals surface area contributed by atoms with Gasteiger partial charge in [0, 0.05) is 71.0 Å². The first kappa shape index (κ1) is 37.6. The molecule has 248 valence electrons. The summed E-state index contributed by atoms with van der Waals surface area (Å²) in [6, 6.07) is 4.13. The Kier molecular flexibility index (Phi) is 12.6. The molecule has 45 heavy (non-hydrogen) atoms. The maximum atomic E-state index is 11.8. The molecule has 2 saturated heterocycles. The minimum atomic E-state index is -0.162. The predicted octanol–water partition coefficient (Wildman–Crippen LogP) is 5.87. The van der Waals surface area contributed by atoms with Crippen LogP contribution in [0.4, 0.5) is 5.69 Å². The number of aryl methyl sites for hydroxylation is 2. The van der Waals surface area contributed by atoms with Crippen LogP contribution in [-0.2, 0) is 9.59 Å². The van der Waals surface area contributed by atoms with E-state index >= 15 is 0 Å². The second-order valence-electron chi connectivity index (χ2n) is 12.7. The van der Waals surface area contributed by atoms with Crippen LogP contribution in [0.25, 0.3) is 11.0 Å². The van der Waals surface area contributed by atoms with Crippen LogP contribution in [-0.4, -0.2) is 90.7 Å². The lowest BCUT2D eigenvalue weighted by atomic mass is 9.98. The Morgan fingerprint density at radius 3 is 1.87 bits per heavy atom. The Bertz CT molecular complexity index is 1590. The molecular formula is C34H53ClN8O2. The minimum absolute atomic E-state index is 0. The number of carbonyl (C=O) groups is 2. The maximum absolute atomic E-state index is 11.8. The number of imidazole rings is 2. The summed E-state index contributed by atoms with van der Waals surface area (Å²) in [7, 11) is 0. The number of amides is 2. The first-order valence-electron chi connectivity index (χ1n) is 14.7. The Balaban J connectivity index is 0.000000251. The summed E-state index contributed by atoms with van der Waals surface area (Å²) < 4.78 is 3.98. The first-order chi connectivity index (χ1) is 20.2. The van der Waals surface area contributed by atoms with Gasteiger partial charge >= 0.3 is 0 Å². The number of hydrogen-bond acceptors (Lipinski definition) is 6. The van der Waals surface area contributed by atoms with E-state index in [0.717, 1.165) is 60.9 Å². The van der Waals surface area contributed by atoms with E-state index in [9.17, 15) is 9.59 Å². The predicted molar refractivity (Wildman–Crippen MR) is 186 cm³/mol. The Morgan fingerprint density at radius 1 is 0.800 bits per heavy atom. The molecule has 4 aromatic rings. The highest BCUT2D eigenvalue weighted by Crippen LogP contribution is 2.29. The zero-order valence-corrected chi connectivity index (χ0v) is 27.4. The third-order valence-electron chi connectivity index (χ3n) is 8.05. The summed E-state index contributed by atoms with van der Waals surface area (Å²) in [6.45, 7) is 20.9. The summed E-state index contributed by atoms with van der Waals surface area (Å²) >= 11 is 5.94. The molecule has 2 aliphatic heterocycles. The largest absolute Gasteiger partial charge is 0.366 e. The van der Waals surface area contributed by atoms with Gasteiger partial charge in [0.1, 0.15) is 0 Å². The average Bonchev–Trinajstić information content (AvgIpc) is 3.57. The lowest BCUT2D eigenvalue weighted by Crippen LogP contribution is -2.60. The van der Waals surface area contributed by atoms with Gasteiger partial charge in [-0.25, -0.2) is 9.97 Å². The molecule has 4 aromatic heterocycles. The number of carbonyl (C=O) groups excluding carboxylic acids is 2. The lowest BCUT2D eigenvalue weighted by molar-refractivity contribution is -0.135. The minimum Gasteiger partial charge on any atom is -0.366 e. The number of hydrogen-bond donors (Lipinski definition) is 1. The van der Waals surface area contributed by atoms with Crippen LogP contribution in [0.2, 0.25) is 5.02 Å². The Labute approximate surface area is 274 Å². The molecule has 1 N–H and O–H groups in total. The highest BCUT2D eigenvalue weighted by atomic mass is 35.5. The van der Waals surface area contributed by atoms with Gasteiger partial charge in [0.15, 0.2) is 0 Å². The molecule has 0 unspecified atom stereocenters. The van der Waals surface area contributed by atoms with E-state index in [4.69, 9.17) is 11.6 Å². The summed E-state index contributed by atoms with van der Waals surface area (Å²) in [5, 5.41) is 4.02.